The molecule has 0 fully saturated rings. The normalized spacial score (nSPS) is 9.10. The summed E-state index contributed by atoms with van der Waals surface area (Å²) in [6.45, 7) is 2.48. The smallest absolute Gasteiger partial charge is 0.424 e. The van der Waals surface area contributed by atoms with E-state index in [2.05, 4.69) is 0 Å². The number of nitrogens with zero attached hydrogens (tertiary/aromatic N) is 1. The number of carbonyl (C=O) groups excluding carboxylic acids is 1. The first-order valence-corrected chi connectivity index (χ1v) is 3.58. The topological polar surface area (TPSA) is 29.5 Å². The number of rotatable bonds is 3. The van der Waals surface area contributed by atoms with Crippen molar-refractivity contribution in [2.45, 2.75) is 19.8 Å². The number of ether oxygens (including phenoxy) is 1. The fraction of sp³-hybridized carbons (Fsp3) is 0.833. The Balaban J connectivity index is 3.22. The van der Waals surface area contributed by atoms with Gasteiger partial charge in [-0.05, 0) is 6.42 Å². The number of hydrogen-bond acceptors (Lipinski definition) is 2. The van der Waals surface area contributed by atoms with Gasteiger partial charge in [-0.15, -0.1) is 0 Å². The molecule has 0 unspecified atom stereocenters. The molecule has 0 N–H and O–H groups in total. The second-order valence-electron chi connectivity index (χ2n) is 1.95. The van der Waals surface area contributed by atoms with Gasteiger partial charge in [0.2, 0.25) is 0 Å². The van der Waals surface area contributed by atoms with Crippen LogP contribution in [0.1, 0.15) is 19.8 Å². The van der Waals surface area contributed by atoms with E-state index in [4.69, 9.17) is 16.5 Å². The van der Waals surface area contributed by atoms with E-state index in [1.165, 1.54) is 7.05 Å². The molecule has 0 aliphatic heterocycles. The molecule has 0 atom stereocenters. The summed E-state index contributed by atoms with van der Waals surface area (Å²) in [7, 11) is 1.44. The van der Waals surface area contributed by atoms with Crippen LogP contribution in [0, 0.1) is 0 Å². The van der Waals surface area contributed by atoms with E-state index >= 15 is 0 Å². The van der Waals surface area contributed by atoms with Crippen molar-refractivity contribution < 1.29 is 9.53 Å². The van der Waals surface area contributed by atoms with E-state index in [1.807, 2.05) is 6.92 Å². The molecule has 3 nitrogen and oxygen atoms in total. The molecule has 0 aliphatic carbocycles. The zero-order valence-corrected chi connectivity index (χ0v) is 7.02. The van der Waals surface area contributed by atoms with E-state index in [9.17, 15) is 4.79 Å². The van der Waals surface area contributed by atoms with Crippen molar-refractivity contribution in [3.05, 3.63) is 0 Å². The van der Waals surface area contributed by atoms with Crippen LogP contribution in [0.15, 0.2) is 0 Å². The Morgan fingerprint density at radius 3 is 2.70 bits per heavy atom. The van der Waals surface area contributed by atoms with Crippen molar-refractivity contribution in [2.75, 3.05) is 13.7 Å². The van der Waals surface area contributed by atoms with Crippen LogP contribution in [0.25, 0.3) is 0 Å². The molecule has 0 spiro atoms. The van der Waals surface area contributed by atoms with Gasteiger partial charge in [0.25, 0.3) is 0 Å². The molecule has 1 amide bonds. The third-order valence-corrected chi connectivity index (χ3v) is 1.11. The Morgan fingerprint density at radius 1 is 1.70 bits per heavy atom. The van der Waals surface area contributed by atoms with E-state index < -0.39 is 6.09 Å². The minimum atomic E-state index is -0.491. The molecule has 0 aromatic rings. The predicted octanol–water partition coefficient (Wildman–Crippen LogP) is 2.01. The van der Waals surface area contributed by atoms with Gasteiger partial charge in [-0.1, -0.05) is 13.3 Å². The average molecular weight is 166 g/mol. The van der Waals surface area contributed by atoms with Gasteiger partial charge in [-0.2, -0.15) is 0 Å². The highest BCUT2D eigenvalue weighted by atomic mass is 35.5. The predicted molar refractivity (Wildman–Crippen MR) is 39.9 cm³/mol. The molecule has 0 radical (unpaired) electrons. The second kappa shape index (κ2) is 5.35. The maximum absolute atomic E-state index is 10.6. The molecule has 0 rings (SSSR count). The molecule has 0 aromatic heterocycles. The van der Waals surface area contributed by atoms with Crippen molar-refractivity contribution in [2.24, 2.45) is 0 Å². The van der Waals surface area contributed by atoms with Crippen LogP contribution in [0.5, 0.6) is 0 Å². The maximum Gasteiger partial charge on any atom is 0.424 e. The Morgan fingerprint density at radius 2 is 2.30 bits per heavy atom. The lowest BCUT2D eigenvalue weighted by atomic mass is 10.4. The monoisotopic (exact) mass is 165 g/mol. The average Bonchev–Trinajstić information content (AvgIpc) is 1.88. The lowest BCUT2D eigenvalue weighted by Gasteiger charge is -2.06. The standard InChI is InChI=1S/C6H12ClNO2/c1-3-4-5-10-6(9)8(2)7/h3-5H2,1-2H3. The minimum absolute atomic E-state index is 0.451. The first-order chi connectivity index (χ1) is 4.68. The fourth-order valence-electron chi connectivity index (χ4n) is 0.393. The molecular weight excluding hydrogens is 154 g/mol. The lowest BCUT2D eigenvalue weighted by molar-refractivity contribution is 0.129. The number of hydrogen-bond donors (Lipinski definition) is 0. The lowest BCUT2D eigenvalue weighted by Crippen LogP contribution is -2.18. The second-order valence-corrected chi connectivity index (χ2v) is 2.45. The number of halogens is 1. The summed E-state index contributed by atoms with van der Waals surface area (Å²) in [6.07, 6.45) is 1.41. The van der Waals surface area contributed by atoms with Gasteiger partial charge in [-0.3, -0.25) is 0 Å². The molecule has 0 heterocycles. The zero-order chi connectivity index (χ0) is 7.98. The Bertz CT molecular complexity index is 106. The van der Waals surface area contributed by atoms with Crippen LogP contribution in [0.3, 0.4) is 0 Å². The van der Waals surface area contributed by atoms with Crippen molar-refractivity contribution in [3.8, 4) is 0 Å². The van der Waals surface area contributed by atoms with E-state index in [-0.39, 0.29) is 0 Å². The van der Waals surface area contributed by atoms with Crippen LogP contribution in [0.2, 0.25) is 0 Å². The molecule has 60 valence electrons. The molecule has 0 aliphatic rings. The molecule has 4 heteroatoms. The number of unbranched alkanes of at least 4 members (excludes halogenated alkanes) is 1. The molecule has 0 saturated heterocycles. The zero-order valence-electron chi connectivity index (χ0n) is 6.26. The molecule has 0 saturated carbocycles. The summed E-state index contributed by atoms with van der Waals surface area (Å²) in [4.78, 5) is 10.6. The van der Waals surface area contributed by atoms with Crippen LogP contribution < -0.4 is 0 Å². The highest BCUT2D eigenvalue weighted by Crippen LogP contribution is 1.95. The van der Waals surface area contributed by atoms with Crippen molar-refractivity contribution in [1.29, 1.82) is 0 Å². The van der Waals surface area contributed by atoms with Crippen molar-refractivity contribution in [1.82, 2.24) is 4.42 Å². The first-order valence-electron chi connectivity index (χ1n) is 3.24. The Labute approximate surface area is 66.0 Å². The third kappa shape index (κ3) is 4.44. The molecule has 10 heavy (non-hydrogen) atoms. The highest BCUT2D eigenvalue weighted by Gasteiger charge is 2.04. The van der Waals surface area contributed by atoms with Crippen LogP contribution in [-0.2, 0) is 4.74 Å². The van der Waals surface area contributed by atoms with Gasteiger partial charge in [0, 0.05) is 18.8 Å². The third-order valence-electron chi connectivity index (χ3n) is 0.975. The summed E-state index contributed by atoms with van der Waals surface area (Å²) in [5.74, 6) is 0. The van der Waals surface area contributed by atoms with Gasteiger partial charge < -0.3 is 4.74 Å². The van der Waals surface area contributed by atoms with E-state index in [0.717, 1.165) is 17.3 Å². The fourth-order valence-corrected chi connectivity index (χ4v) is 0.442. The number of amides is 1. The van der Waals surface area contributed by atoms with Gasteiger partial charge >= 0.3 is 6.09 Å². The highest BCUT2D eigenvalue weighted by molar-refractivity contribution is 6.19. The summed E-state index contributed by atoms with van der Waals surface area (Å²) in [5, 5.41) is 0. The SMILES string of the molecule is CCCCOC(=O)N(C)Cl. The van der Waals surface area contributed by atoms with Gasteiger partial charge in [0.1, 0.15) is 0 Å². The first kappa shape index (κ1) is 9.56. The van der Waals surface area contributed by atoms with E-state index in [1.54, 1.807) is 0 Å². The maximum atomic E-state index is 10.6. The minimum Gasteiger partial charge on any atom is -0.449 e. The Hall–Kier alpha value is -0.440. The molecular formula is C6H12ClNO2. The van der Waals surface area contributed by atoms with E-state index in [0.29, 0.717) is 6.61 Å². The Kier molecular flexibility index (Phi) is 5.12. The van der Waals surface area contributed by atoms with Crippen molar-refractivity contribution in [3.63, 3.8) is 0 Å². The number of carbonyl (C=O) groups is 1. The van der Waals surface area contributed by atoms with Crippen LogP contribution >= 0.6 is 11.8 Å². The van der Waals surface area contributed by atoms with Crippen LogP contribution in [-0.4, -0.2) is 24.2 Å². The molecule has 0 bridgehead atoms. The summed E-state index contributed by atoms with van der Waals surface area (Å²) in [6, 6.07) is 0. The van der Waals surface area contributed by atoms with Gasteiger partial charge in [-0.25, -0.2) is 9.21 Å². The van der Waals surface area contributed by atoms with Gasteiger partial charge in [0.05, 0.1) is 6.61 Å². The van der Waals surface area contributed by atoms with Crippen molar-refractivity contribution >= 4 is 17.9 Å². The summed E-state index contributed by atoms with van der Waals surface area (Å²) in [5.41, 5.74) is 0. The summed E-state index contributed by atoms with van der Waals surface area (Å²) >= 11 is 5.27. The molecule has 0 aromatic carbocycles. The summed E-state index contributed by atoms with van der Waals surface area (Å²) < 4.78 is 5.60. The largest absolute Gasteiger partial charge is 0.449 e. The van der Waals surface area contributed by atoms with Gasteiger partial charge in [0.15, 0.2) is 0 Å². The van der Waals surface area contributed by atoms with Crippen LogP contribution in [0.4, 0.5) is 4.79 Å². The quantitative estimate of drug-likeness (QED) is 0.473.